The Hall–Kier alpha value is -0.540. The van der Waals surface area contributed by atoms with Crippen LogP contribution in [0, 0.1) is 0 Å². The molecule has 0 bridgehead atoms. The number of halogens is 1. The number of fused-ring (bicyclic) bond motifs is 1. The molecule has 0 radical (unpaired) electrons. The van der Waals surface area contributed by atoms with E-state index < -0.39 is 0 Å². The van der Waals surface area contributed by atoms with Crippen molar-refractivity contribution in [3.8, 4) is 0 Å². The topological polar surface area (TPSA) is 20.3 Å². The fraction of sp³-hybridized carbons (Fsp3) is 0.583. The lowest BCUT2D eigenvalue weighted by atomic mass is 9.97. The van der Waals surface area contributed by atoms with Crippen molar-refractivity contribution in [3.63, 3.8) is 0 Å². The van der Waals surface area contributed by atoms with E-state index in [9.17, 15) is 4.79 Å². The molecule has 1 atom stereocenters. The summed E-state index contributed by atoms with van der Waals surface area (Å²) in [6.07, 6.45) is 2.44. The van der Waals surface area contributed by atoms with Crippen LogP contribution in [-0.4, -0.2) is 23.2 Å². The van der Waals surface area contributed by atoms with Crippen LogP contribution in [0.4, 0.5) is 0 Å². The van der Waals surface area contributed by atoms with Crippen LogP contribution in [0.1, 0.15) is 36.2 Å². The normalized spacial score (nSPS) is 19.6. The molecule has 0 aliphatic carbocycles. The van der Waals surface area contributed by atoms with Crippen molar-refractivity contribution in [1.82, 2.24) is 4.90 Å². The zero-order chi connectivity index (χ0) is 11.5. The summed E-state index contributed by atoms with van der Waals surface area (Å²) in [5, 5.41) is 2.13. The largest absolute Gasteiger partial charge is 0.335 e. The lowest BCUT2D eigenvalue weighted by Gasteiger charge is -2.35. The van der Waals surface area contributed by atoms with E-state index in [0.717, 1.165) is 19.4 Å². The summed E-state index contributed by atoms with van der Waals surface area (Å²) in [6, 6.07) is 2.43. The molecule has 1 amide bonds. The molecule has 1 aromatic rings. The molecule has 0 spiro atoms. The van der Waals surface area contributed by atoms with Crippen molar-refractivity contribution >= 4 is 28.8 Å². The maximum atomic E-state index is 11.9. The first-order valence-electron chi connectivity index (χ1n) is 5.69. The Kier molecular flexibility index (Phi) is 3.87. The van der Waals surface area contributed by atoms with Gasteiger partial charge in [-0.3, -0.25) is 4.79 Å². The van der Waals surface area contributed by atoms with Gasteiger partial charge in [-0.25, -0.2) is 0 Å². The standard InChI is InChI=1S/C12H16ClNOS/c1-2-10-9-5-8-16-11(9)4-7-14(10)12(15)3-6-13/h5,8,10H,2-4,6-7H2,1H3. The third-order valence-electron chi connectivity index (χ3n) is 3.11. The highest BCUT2D eigenvalue weighted by atomic mass is 35.5. The molecule has 1 aliphatic heterocycles. The van der Waals surface area contributed by atoms with Crippen LogP contribution in [-0.2, 0) is 11.2 Å². The van der Waals surface area contributed by atoms with Gasteiger partial charge in [0.1, 0.15) is 0 Å². The van der Waals surface area contributed by atoms with Crippen molar-refractivity contribution in [2.24, 2.45) is 0 Å². The highest BCUT2D eigenvalue weighted by molar-refractivity contribution is 7.10. The summed E-state index contributed by atoms with van der Waals surface area (Å²) < 4.78 is 0. The van der Waals surface area contributed by atoms with E-state index in [1.165, 1.54) is 10.4 Å². The van der Waals surface area contributed by atoms with Gasteiger partial charge in [0.25, 0.3) is 0 Å². The Labute approximate surface area is 105 Å². The zero-order valence-corrected chi connectivity index (χ0v) is 11.0. The second-order valence-corrected chi connectivity index (χ2v) is 5.38. The van der Waals surface area contributed by atoms with Crippen LogP contribution in [0.15, 0.2) is 11.4 Å². The van der Waals surface area contributed by atoms with Crippen molar-refractivity contribution in [2.75, 3.05) is 12.4 Å². The van der Waals surface area contributed by atoms with Crippen LogP contribution in [0.2, 0.25) is 0 Å². The average Bonchev–Trinajstić information content (AvgIpc) is 2.75. The predicted octanol–water partition coefficient (Wildman–Crippen LogP) is 3.21. The van der Waals surface area contributed by atoms with Crippen LogP contribution in [0.25, 0.3) is 0 Å². The number of hydrogen-bond acceptors (Lipinski definition) is 2. The summed E-state index contributed by atoms with van der Waals surface area (Å²) in [6.45, 7) is 2.99. The molecule has 0 saturated heterocycles. The smallest absolute Gasteiger partial charge is 0.224 e. The molecule has 1 unspecified atom stereocenters. The van der Waals surface area contributed by atoms with Crippen molar-refractivity contribution < 1.29 is 4.79 Å². The Morgan fingerprint density at radius 1 is 1.69 bits per heavy atom. The van der Waals surface area contributed by atoms with Crippen LogP contribution in [0.5, 0.6) is 0 Å². The Morgan fingerprint density at radius 3 is 3.19 bits per heavy atom. The maximum absolute atomic E-state index is 11.9. The van der Waals surface area contributed by atoms with Crippen LogP contribution in [0.3, 0.4) is 0 Å². The molecular weight excluding hydrogens is 242 g/mol. The van der Waals surface area contributed by atoms with Crippen molar-refractivity contribution in [3.05, 3.63) is 21.9 Å². The van der Waals surface area contributed by atoms with Gasteiger partial charge >= 0.3 is 0 Å². The summed E-state index contributed by atoms with van der Waals surface area (Å²) in [7, 11) is 0. The van der Waals surface area contributed by atoms with Gasteiger partial charge in [0.05, 0.1) is 6.04 Å². The Balaban J connectivity index is 2.21. The third kappa shape index (κ3) is 2.11. The molecule has 2 rings (SSSR count). The van der Waals surface area contributed by atoms with Gasteiger partial charge in [0.2, 0.25) is 5.91 Å². The number of carbonyl (C=O) groups is 1. The number of hydrogen-bond donors (Lipinski definition) is 0. The molecule has 1 aliphatic rings. The predicted molar refractivity (Wildman–Crippen MR) is 68.1 cm³/mol. The second kappa shape index (κ2) is 5.19. The molecule has 16 heavy (non-hydrogen) atoms. The molecular formula is C12H16ClNOS. The van der Waals surface area contributed by atoms with E-state index in [2.05, 4.69) is 18.4 Å². The minimum Gasteiger partial charge on any atom is -0.335 e. The first kappa shape index (κ1) is 11.9. The SMILES string of the molecule is CCC1c2ccsc2CCN1C(=O)CCCl. The van der Waals surface area contributed by atoms with E-state index in [0.29, 0.717) is 12.3 Å². The van der Waals surface area contributed by atoms with Gasteiger partial charge in [-0.05, 0) is 29.9 Å². The maximum Gasteiger partial charge on any atom is 0.224 e. The van der Waals surface area contributed by atoms with Gasteiger partial charge in [0.15, 0.2) is 0 Å². The minimum atomic E-state index is 0.193. The lowest BCUT2D eigenvalue weighted by molar-refractivity contribution is -0.133. The highest BCUT2D eigenvalue weighted by Crippen LogP contribution is 2.35. The van der Waals surface area contributed by atoms with Crippen LogP contribution >= 0.6 is 22.9 Å². The number of thiophene rings is 1. The van der Waals surface area contributed by atoms with Gasteiger partial charge in [-0.2, -0.15) is 0 Å². The molecule has 2 heterocycles. The third-order valence-corrected chi connectivity index (χ3v) is 4.30. The fourth-order valence-corrected chi connectivity index (χ4v) is 3.45. The summed E-state index contributed by atoms with van der Waals surface area (Å²) in [4.78, 5) is 15.4. The Bertz CT molecular complexity index is 377. The van der Waals surface area contributed by atoms with E-state index in [4.69, 9.17) is 11.6 Å². The second-order valence-electron chi connectivity index (χ2n) is 4.00. The number of amides is 1. The molecule has 88 valence electrons. The van der Waals surface area contributed by atoms with Crippen LogP contribution < -0.4 is 0 Å². The first-order valence-corrected chi connectivity index (χ1v) is 7.11. The number of rotatable bonds is 3. The minimum absolute atomic E-state index is 0.193. The lowest BCUT2D eigenvalue weighted by Crippen LogP contribution is -2.39. The Morgan fingerprint density at radius 2 is 2.50 bits per heavy atom. The van der Waals surface area contributed by atoms with E-state index >= 15 is 0 Å². The highest BCUT2D eigenvalue weighted by Gasteiger charge is 2.29. The van der Waals surface area contributed by atoms with E-state index in [1.54, 1.807) is 0 Å². The fourth-order valence-electron chi connectivity index (χ4n) is 2.36. The molecule has 0 N–H and O–H groups in total. The van der Waals surface area contributed by atoms with Gasteiger partial charge in [-0.15, -0.1) is 22.9 Å². The quantitative estimate of drug-likeness (QED) is 0.762. The van der Waals surface area contributed by atoms with E-state index in [-0.39, 0.29) is 11.9 Å². The molecule has 0 saturated carbocycles. The molecule has 4 heteroatoms. The zero-order valence-electron chi connectivity index (χ0n) is 9.41. The molecule has 0 aromatic carbocycles. The van der Waals surface area contributed by atoms with Gasteiger partial charge in [0, 0.05) is 23.7 Å². The molecule has 1 aromatic heterocycles. The van der Waals surface area contributed by atoms with E-state index in [1.807, 2.05) is 16.2 Å². The molecule has 2 nitrogen and oxygen atoms in total. The summed E-state index contributed by atoms with van der Waals surface area (Å²) in [5.41, 5.74) is 1.35. The van der Waals surface area contributed by atoms with Crippen molar-refractivity contribution in [2.45, 2.75) is 32.2 Å². The number of carbonyl (C=O) groups excluding carboxylic acids is 1. The van der Waals surface area contributed by atoms with Gasteiger partial charge in [-0.1, -0.05) is 6.92 Å². The summed E-state index contributed by atoms with van der Waals surface area (Å²) in [5.74, 6) is 0.612. The molecule has 0 fully saturated rings. The summed E-state index contributed by atoms with van der Waals surface area (Å²) >= 11 is 7.45. The number of nitrogens with zero attached hydrogens (tertiary/aromatic N) is 1. The van der Waals surface area contributed by atoms with Crippen molar-refractivity contribution in [1.29, 1.82) is 0 Å². The van der Waals surface area contributed by atoms with Gasteiger partial charge < -0.3 is 4.90 Å². The first-order chi connectivity index (χ1) is 7.77. The average molecular weight is 258 g/mol. The number of alkyl halides is 1. The monoisotopic (exact) mass is 257 g/mol.